The minimum absolute atomic E-state index is 0.586. The topological polar surface area (TPSA) is 47.0 Å². The van der Waals surface area contributed by atoms with E-state index in [1.807, 2.05) is 6.92 Å². The Bertz CT molecular complexity index is 252. The van der Waals surface area contributed by atoms with E-state index in [2.05, 4.69) is 22.4 Å². The second kappa shape index (κ2) is 6.73. The summed E-state index contributed by atoms with van der Waals surface area (Å²) in [6, 6.07) is 0. The minimum Gasteiger partial charge on any atom is -0.374 e. The third-order valence-electron chi connectivity index (χ3n) is 1.66. The molecule has 5 heteroatoms. The first-order valence-corrected chi connectivity index (χ1v) is 5.82. The van der Waals surface area contributed by atoms with Gasteiger partial charge in [-0.05, 0) is 13.3 Å². The van der Waals surface area contributed by atoms with Crippen molar-refractivity contribution in [2.45, 2.75) is 33.3 Å². The lowest BCUT2D eigenvalue weighted by Crippen LogP contribution is -1.94. The number of hydrogen-bond acceptors (Lipinski definition) is 5. The lowest BCUT2D eigenvalue weighted by atomic mass is 10.4. The Morgan fingerprint density at radius 3 is 2.93 bits per heavy atom. The molecule has 0 aromatic carbocycles. The molecule has 14 heavy (non-hydrogen) atoms. The molecule has 4 nitrogen and oxygen atoms in total. The lowest BCUT2D eigenvalue weighted by Gasteiger charge is -1.98. The molecule has 1 heterocycles. The van der Waals surface area contributed by atoms with Crippen molar-refractivity contribution in [3.63, 3.8) is 0 Å². The number of nitrogens with zero attached hydrogens (tertiary/aromatic N) is 2. The van der Waals surface area contributed by atoms with E-state index in [4.69, 9.17) is 4.74 Å². The van der Waals surface area contributed by atoms with Crippen LogP contribution in [0.3, 0.4) is 0 Å². The van der Waals surface area contributed by atoms with Crippen molar-refractivity contribution >= 4 is 16.5 Å². The van der Waals surface area contributed by atoms with Crippen LogP contribution in [0.25, 0.3) is 0 Å². The van der Waals surface area contributed by atoms with Crippen molar-refractivity contribution < 1.29 is 4.74 Å². The normalized spacial score (nSPS) is 10.4. The van der Waals surface area contributed by atoms with Crippen molar-refractivity contribution in [1.82, 2.24) is 10.2 Å². The van der Waals surface area contributed by atoms with E-state index in [1.54, 1.807) is 11.3 Å². The molecule has 0 aliphatic rings. The van der Waals surface area contributed by atoms with Crippen LogP contribution in [0.4, 0.5) is 5.13 Å². The fourth-order valence-electron chi connectivity index (χ4n) is 0.940. The summed E-state index contributed by atoms with van der Waals surface area (Å²) in [6.07, 6.45) is 2.28. The van der Waals surface area contributed by atoms with Crippen molar-refractivity contribution in [2.24, 2.45) is 0 Å². The van der Waals surface area contributed by atoms with Crippen LogP contribution in [0.2, 0.25) is 0 Å². The first-order chi connectivity index (χ1) is 6.86. The Labute approximate surface area is 88.7 Å². The standard InChI is InChI=1S/C9H17N3OS/c1-3-5-6-13-7-8-11-12-9(14-8)10-4-2/h3-7H2,1-2H3,(H,10,12). The highest BCUT2D eigenvalue weighted by molar-refractivity contribution is 7.15. The minimum atomic E-state index is 0.586. The van der Waals surface area contributed by atoms with E-state index in [0.29, 0.717) is 6.61 Å². The summed E-state index contributed by atoms with van der Waals surface area (Å²) < 4.78 is 5.43. The van der Waals surface area contributed by atoms with Crippen molar-refractivity contribution in [3.05, 3.63) is 5.01 Å². The van der Waals surface area contributed by atoms with Crippen LogP contribution in [0, 0.1) is 0 Å². The average Bonchev–Trinajstić information content (AvgIpc) is 2.61. The molecule has 0 atom stereocenters. The largest absolute Gasteiger partial charge is 0.374 e. The Morgan fingerprint density at radius 1 is 1.36 bits per heavy atom. The zero-order chi connectivity index (χ0) is 10.2. The Morgan fingerprint density at radius 2 is 2.21 bits per heavy atom. The number of hydrogen-bond donors (Lipinski definition) is 1. The molecule has 0 aliphatic heterocycles. The molecule has 0 saturated carbocycles. The Hall–Kier alpha value is -0.680. The summed E-state index contributed by atoms with van der Waals surface area (Å²) in [6.45, 7) is 6.47. The summed E-state index contributed by atoms with van der Waals surface area (Å²) in [7, 11) is 0. The first-order valence-electron chi connectivity index (χ1n) is 5.00. The van der Waals surface area contributed by atoms with E-state index in [1.165, 1.54) is 6.42 Å². The van der Waals surface area contributed by atoms with Gasteiger partial charge in [-0.15, -0.1) is 10.2 Å². The Balaban J connectivity index is 2.22. The molecule has 0 amide bonds. The summed E-state index contributed by atoms with van der Waals surface area (Å²) >= 11 is 1.56. The zero-order valence-electron chi connectivity index (χ0n) is 8.75. The van der Waals surface area contributed by atoms with Gasteiger partial charge < -0.3 is 10.1 Å². The fraction of sp³-hybridized carbons (Fsp3) is 0.778. The van der Waals surface area contributed by atoms with Crippen molar-refractivity contribution in [2.75, 3.05) is 18.5 Å². The van der Waals surface area contributed by atoms with Gasteiger partial charge in [0, 0.05) is 13.2 Å². The van der Waals surface area contributed by atoms with Crippen molar-refractivity contribution in [1.29, 1.82) is 0 Å². The highest BCUT2D eigenvalue weighted by atomic mass is 32.1. The average molecular weight is 215 g/mol. The molecule has 0 bridgehead atoms. The highest BCUT2D eigenvalue weighted by Crippen LogP contribution is 2.15. The van der Waals surface area contributed by atoms with Crippen LogP contribution in [0.15, 0.2) is 0 Å². The van der Waals surface area contributed by atoms with Crippen molar-refractivity contribution in [3.8, 4) is 0 Å². The van der Waals surface area contributed by atoms with E-state index in [0.717, 1.165) is 29.7 Å². The van der Waals surface area contributed by atoms with Gasteiger partial charge in [-0.25, -0.2) is 0 Å². The van der Waals surface area contributed by atoms with Crippen LogP contribution >= 0.6 is 11.3 Å². The second-order valence-corrected chi connectivity index (χ2v) is 4.00. The summed E-state index contributed by atoms with van der Waals surface area (Å²) in [5, 5.41) is 12.9. The quantitative estimate of drug-likeness (QED) is 0.709. The van der Waals surface area contributed by atoms with Gasteiger partial charge in [-0.3, -0.25) is 0 Å². The predicted octanol–water partition coefficient (Wildman–Crippen LogP) is 2.29. The predicted molar refractivity (Wildman–Crippen MR) is 58.6 cm³/mol. The third kappa shape index (κ3) is 4.02. The van der Waals surface area contributed by atoms with Gasteiger partial charge in [0.25, 0.3) is 0 Å². The smallest absolute Gasteiger partial charge is 0.205 e. The van der Waals surface area contributed by atoms with Gasteiger partial charge >= 0.3 is 0 Å². The summed E-state index contributed by atoms with van der Waals surface area (Å²) in [5.74, 6) is 0. The van der Waals surface area contributed by atoms with E-state index in [9.17, 15) is 0 Å². The first kappa shape index (κ1) is 11.4. The summed E-state index contributed by atoms with van der Waals surface area (Å²) in [4.78, 5) is 0. The van der Waals surface area contributed by atoms with Crippen LogP contribution in [0.5, 0.6) is 0 Å². The number of aromatic nitrogens is 2. The maximum absolute atomic E-state index is 5.43. The van der Waals surface area contributed by atoms with Gasteiger partial charge in [0.15, 0.2) is 0 Å². The monoisotopic (exact) mass is 215 g/mol. The SMILES string of the molecule is CCCCOCc1nnc(NCC)s1. The third-order valence-corrected chi connectivity index (χ3v) is 2.52. The van der Waals surface area contributed by atoms with Crippen LogP contribution in [-0.4, -0.2) is 23.3 Å². The molecule has 0 unspecified atom stereocenters. The number of nitrogens with one attached hydrogen (secondary N) is 1. The second-order valence-electron chi connectivity index (χ2n) is 2.94. The van der Waals surface area contributed by atoms with Gasteiger partial charge in [-0.1, -0.05) is 24.7 Å². The molecular weight excluding hydrogens is 198 g/mol. The van der Waals surface area contributed by atoms with Crippen LogP contribution < -0.4 is 5.32 Å². The molecule has 80 valence electrons. The fourth-order valence-corrected chi connectivity index (χ4v) is 1.69. The molecule has 0 saturated heterocycles. The molecular formula is C9H17N3OS. The molecule has 0 fully saturated rings. The molecule has 1 rings (SSSR count). The van der Waals surface area contributed by atoms with Gasteiger partial charge in [0.1, 0.15) is 11.6 Å². The molecule has 0 aliphatic carbocycles. The molecule has 0 radical (unpaired) electrons. The van der Waals surface area contributed by atoms with E-state index < -0.39 is 0 Å². The summed E-state index contributed by atoms with van der Waals surface area (Å²) in [5.41, 5.74) is 0. The van der Waals surface area contributed by atoms with E-state index in [-0.39, 0.29) is 0 Å². The number of unbranched alkanes of at least 4 members (excludes halogenated alkanes) is 1. The maximum atomic E-state index is 5.43. The molecule has 1 N–H and O–H groups in total. The molecule has 1 aromatic heterocycles. The molecule has 1 aromatic rings. The van der Waals surface area contributed by atoms with Gasteiger partial charge in [0.05, 0.1) is 0 Å². The van der Waals surface area contributed by atoms with Gasteiger partial charge in [-0.2, -0.15) is 0 Å². The van der Waals surface area contributed by atoms with Gasteiger partial charge in [0.2, 0.25) is 5.13 Å². The molecule has 0 spiro atoms. The van der Waals surface area contributed by atoms with Crippen LogP contribution in [-0.2, 0) is 11.3 Å². The number of rotatable bonds is 7. The highest BCUT2D eigenvalue weighted by Gasteiger charge is 2.02. The van der Waals surface area contributed by atoms with E-state index >= 15 is 0 Å². The number of anilines is 1. The van der Waals surface area contributed by atoms with Crippen LogP contribution in [0.1, 0.15) is 31.7 Å². The zero-order valence-corrected chi connectivity index (χ0v) is 9.56. The Kier molecular flexibility index (Phi) is 5.47. The lowest BCUT2D eigenvalue weighted by molar-refractivity contribution is 0.117. The maximum Gasteiger partial charge on any atom is 0.205 e. The number of ether oxygens (including phenoxy) is 1.